The van der Waals surface area contributed by atoms with Crippen molar-refractivity contribution in [3.8, 4) is 0 Å². The summed E-state index contributed by atoms with van der Waals surface area (Å²) < 4.78 is 0. The predicted octanol–water partition coefficient (Wildman–Crippen LogP) is 2.81. The smallest absolute Gasteiger partial charge is 0.0483 e. The maximum Gasteiger partial charge on any atom is 0.0483 e. The number of rotatable bonds is 0. The summed E-state index contributed by atoms with van der Waals surface area (Å²) in [5.41, 5.74) is 0. The van der Waals surface area contributed by atoms with Gasteiger partial charge in [-0.25, -0.2) is 0 Å². The maximum absolute atomic E-state index is 8.06. The normalized spacial score (nSPS) is 16.4. The monoisotopic (exact) mass is 340 g/mol. The van der Waals surface area contributed by atoms with E-state index in [4.69, 9.17) is 10.2 Å². The first kappa shape index (κ1) is 24.8. The summed E-state index contributed by atoms with van der Waals surface area (Å²) in [6.07, 6.45) is 19.7. The molecule has 2 aliphatic carbocycles. The van der Waals surface area contributed by atoms with Gasteiger partial charge in [0.15, 0.2) is 0 Å². The number of hydrogen-bond acceptors (Lipinski definition) is 2. The van der Waals surface area contributed by atoms with Gasteiger partial charge >= 0.3 is 0 Å². The molecule has 0 unspecified atom stereocenters. The van der Waals surface area contributed by atoms with Crippen molar-refractivity contribution in [3.63, 3.8) is 0 Å². The quantitative estimate of drug-likeness (QED) is 0.711. The van der Waals surface area contributed by atoms with E-state index in [0.29, 0.717) is 0 Å². The molecular formula is C16H26O2Zr. The van der Waals surface area contributed by atoms with Crippen LogP contribution in [0.3, 0.4) is 0 Å². The maximum atomic E-state index is 8.06. The van der Waals surface area contributed by atoms with Crippen LogP contribution in [0.15, 0.2) is 0 Å². The van der Waals surface area contributed by atoms with E-state index in [0.717, 1.165) is 0 Å². The minimum atomic E-state index is -0.167. The van der Waals surface area contributed by atoms with Crippen molar-refractivity contribution in [2.75, 3.05) is 0 Å². The largest absolute Gasteiger partial charge is 0.394 e. The molecule has 106 valence electrons. The SMILES string of the molecule is CC(C)O.CC(C)O.[CH]1[CH][CH][CH][CH]1.[CH]1[CH][CH][CH][CH]1.[Zr]. The Kier molecular flexibility index (Phi) is 27.5. The zero-order chi connectivity index (χ0) is 14.2. The van der Waals surface area contributed by atoms with Crippen LogP contribution in [0.5, 0.6) is 0 Å². The third-order valence-corrected chi connectivity index (χ3v) is 1.11. The zero-order valence-electron chi connectivity index (χ0n) is 12.3. The van der Waals surface area contributed by atoms with Crippen LogP contribution in [0, 0.1) is 64.2 Å². The second-order valence-electron chi connectivity index (χ2n) is 4.11. The van der Waals surface area contributed by atoms with E-state index >= 15 is 0 Å². The van der Waals surface area contributed by atoms with E-state index in [9.17, 15) is 0 Å². The van der Waals surface area contributed by atoms with Crippen LogP contribution in [0.1, 0.15) is 27.7 Å². The Bertz CT molecular complexity index is 94.0. The standard InChI is InChI=1S/2C5H5.2C3H8O.Zr/c2*1-2-4-5-3-1;2*1-3(2)4;/h2*1-5H;2*3-4H,1-2H3;. The van der Waals surface area contributed by atoms with Crippen molar-refractivity contribution in [1.82, 2.24) is 0 Å². The molecular weight excluding hydrogens is 315 g/mol. The molecule has 0 heterocycles. The van der Waals surface area contributed by atoms with Gasteiger partial charge in [0.25, 0.3) is 0 Å². The molecule has 0 aromatic heterocycles. The minimum absolute atomic E-state index is 0. The van der Waals surface area contributed by atoms with Crippen molar-refractivity contribution in [2.45, 2.75) is 39.9 Å². The Balaban J connectivity index is -0.000000178. The molecule has 3 heteroatoms. The third kappa shape index (κ3) is 45.5. The molecule has 0 aromatic carbocycles. The molecule has 2 N–H and O–H groups in total. The topological polar surface area (TPSA) is 40.5 Å². The van der Waals surface area contributed by atoms with Crippen LogP contribution >= 0.6 is 0 Å². The van der Waals surface area contributed by atoms with Crippen LogP contribution < -0.4 is 0 Å². The molecule has 2 fully saturated rings. The number of hydrogen-bond donors (Lipinski definition) is 2. The number of aliphatic hydroxyl groups is 2. The molecule has 0 amide bonds. The summed E-state index contributed by atoms with van der Waals surface area (Å²) in [4.78, 5) is 0. The molecule has 2 nitrogen and oxygen atoms in total. The van der Waals surface area contributed by atoms with Gasteiger partial charge in [-0.3, -0.25) is 0 Å². The second kappa shape index (κ2) is 21.1. The van der Waals surface area contributed by atoms with E-state index in [1.54, 1.807) is 27.7 Å². The molecule has 2 rings (SSSR count). The van der Waals surface area contributed by atoms with Crippen molar-refractivity contribution >= 4 is 0 Å². The van der Waals surface area contributed by atoms with Gasteiger partial charge in [0.1, 0.15) is 0 Å². The first-order valence-corrected chi connectivity index (χ1v) is 6.16. The van der Waals surface area contributed by atoms with Crippen molar-refractivity contribution in [1.29, 1.82) is 0 Å². The summed E-state index contributed by atoms with van der Waals surface area (Å²) in [6, 6.07) is 0. The third-order valence-electron chi connectivity index (χ3n) is 1.11. The molecule has 0 aromatic rings. The van der Waals surface area contributed by atoms with Crippen LogP contribution in [0.2, 0.25) is 0 Å². The summed E-state index contributed by atoms with van der Waals surface area (Å²) in [7, 11) is 0. The van der Waals surface area contributed by atoms with Gasteiger partial charge in [-0.2, -0.15) is 0 Å². The Morgan fingerprint density at radius 2 is 0.526 bits per heavy atom. The van der Waals surface area contributed by atoms with E-state index in [-0.39, 0.29) is 38.4 Å². The molecule has 19 heavy (non-hydrogen) atoms. The Labute approximate surface area is 140 Å². The Morgan fingerprint density at radius 1 is 0.474 bits per heavy atom. The van der Waals surface area contributed by atoms with Crippen LogP contribution in [0.25, 0.3) is 0 Å². The molecule has 2 saturated carbocycles. The van der Waals surface area contributed by atoms with Gasteiger partial charge in [0.05, 0.1) is 0 Å². The van der Waals surface area contributed by atoms with Crippen LogP contribution in [-0.2, 0) is 26.2 Å². The van der Waals surface area contributed by atoms with Crippen LogP contribution in [0.4, 0.5) is 0 Å². The summed E-state index contributed by atoms with van der Waals surface area (Å²) >= 11 is 0. The number of aliphatic hydroxyl groups excluding tert-OH is 2. The molecule has 2 aliphatic rings. The van der Waals surface area contributed by atoms with E-state index in [1.807, 2.05) is 64.2 Å². The molecule has 0 bridgehead atoms. The molecule has 10 radical (unpaired) electrons. The first-order chi connectivity index (χ1) is 8.46. The first-order valence-electron chi connectivity index (χ1n) is 6.16. The summed E-state index contributed by atoms with van der Waals surface area (Å²) in [5.74, 6) is 0. The summed E-state index contributed by atoms with van der Waals surface area (Å²) in [6.45, 7) is 6.89. The molecule has 0 saturated heterocycles. The van der Waals surface area contributed by atoms with Crippen molar-refractivity contribution in [3.05, 3.63) is 64.2 Å². The zero-order valence-corrected chi connectivity index (χ0v) is 14.8. The molecule has 0 spiro atoms. The van der Waals surface area contributed by atoms with Gasteiger partial charge in [0.2, 0.25) is 0 Å². The van der Waals surface area contributed by atoms with E-state index in [1.165, 1.54) is 0 Å². The average molecular weight is 342 g/mol. The fraction of sp³-hybridized carbons (Fsp3) is 0.375. The minimum Gasteiger partial charge on any atom is -0.394 e. The fourth-order valence-electron chi connectivity index (χ4n) is 0.642. The van der Waals surface area contributed by atoms with Gasteiger partial charge in [-0.15, -0.1) is 0 Å². The van der Waals surface area contributed by atoms with Crippen LogP contribution in [-0.4, -0.2) is 22.4 Å². The summed E-state index contributed by atoms with van der Waals surface area (Å²) in [5, 5.41) is 16.1. The Morgan fingerprint density at radius 3 is 0.579 bits per heavy atom. The molecule has 0 aliphatic heterocycles. The fourth-order valence-corrected chi connectivity index (χ4v) is 0.642. The van der Waals surface area contributed by atoms with Gasteiger partial charge in [-0.05, 0) is 91.9 Å². The molecule has 0 atom stereocenters. The Hall–Kier alpha value is 0.803. The van der Waals surface area contributed by atoms with Crippen molar-refractivity contribution in [2.24, 2.45) is 0 Å². The van der Waals surface area contributed by atoms with E-state index in [2.05, 4.69) is 0 Å². The van der Waals surface area contributed by atoms with E-state index < -0.39 is 0 Å². The van der Waals surface area contributed by atoms with Gasteiger partial charge in [0, 0.05) is 38.4 Å². The second-order valence-corrected chi connectivity index (χ2v) is 4.11. The van der Waals surface area contributed by atoms with Gasteiger partial charge < -0.3 is 10.2 Å². The predicted molar refractivity (Wildman–Crippen MR) is 77.7 cm³/mol. The van der Waals surface area contributed by atoms with Gasteiger partial charge in [-0.1, -0.05) is 0 Å². The average Bonchev–Trinajstić information content (AvgIpc) is 2.96. The van der Waals surface area contributed by atoms with Crippen molar-refractivity contribution < 1.29 is 36.4 Å².